The summed E-state index contributed by atoms with van der Waals surface area (Å²) in [6.07, 6.45) is -0.599. The number of rotatable bonds is 4. The molecule has 6 heteroatoms. The van der Waals surface area contributed by atoms with Crippen molar-refractivity contribution in [2.24, 2.45) is 0 Å². The van der Waals surface area contributed by atoms with E-state index in [0.29, 0.717) is 5.69 Å². The largest absolute Gasteiger partial charge is 0.450 e. The van der Waals surface area contributed by atoms with E-state index >= 15 is 0 Å². The second-order valence-corrected chi connectivity index (χ2v) is 4.04. The van der Waals surface area contributed by atoms with Crippen LogP contribution in [-0.4, -0.2) is 25.2 Å². The van der Waals surface area contributed by atoms with Crippen molar-refractivity contribution in [2.75, 3.05) is 18.5 Å². The Balaban J connectivity index is 2.34. The number of halogens is 1. The molecule has 0 atom stereocenters. The van der Waals surface area contributed by atoms with Crippen LogP contribution in [0.1, 0.15) is 6.92 Å². The molecule has 0 saturated heterocycles. The van der Waals surface area contributed by atoms with Crippen molar-refractivity contribution in [2.45, 2.75) is 6.92 Å². The summed E-state index contributed by atoms with van der Waals surface area (Å²) in [5, 5.41) is 4.97. The Bertz CT molecular complexity index is 392. The lowest BCUT2D eigenvalue weighted by Gasteiger charge is -2.06. The van der Waals surface area contributed by atoms with Crippen LogP contribution in [0.5, 0.6) is 0 Å². The molecule has 0 aliphatic carbocycles. The summed E-state index contributed by atoms with van der Waals surface area (Å²) >= 11 is 3.29. The van der Waals surface area contributed by atoms with Crippen LogP contribution >= 0.6 is 15.9 Å². The number of nitrogens with one attached hydrogen (secondary N) is 2. The van der Waals surface area contributed by atoms with Crippen LogP contribution in [0.3, 0.4) is 0 Å². The monoisotopic (exact) mass is 300 g/mol. The molecular formula is C11H13BrN2O3. The number of hydrogen-bond donors (Lipinski definition) is 2. The molecule has 0 unspecified atom stereocenters. The van der Waals surface area contributed by atoms with Gasteiger partial charge in [0.25, 0.3) is 0 Å². The van der Waals surface area contributed by atoms with Crippen molar-refractivity contribution < 1.29 is 14.3 Å². The van der Waals surface area contributed by atoms with Crippen molar-refractivity contribution >= 4 is 33.6 Å². The maximum atomic E-state index is 11.4. The number of benzene rings is 1. The van der Waals surface area contributed by atoms with E-state index in [1.54, 1.807) is 19.1 Å². The standard InChI is InChI=1S/C11H13BrN2O3/c1-2-17-11(16)13-7-10(15)14-9-5-3-8(12)4-6-9/h3-6H,2,7H2,1H3,(H,13,16)(H,14,15). The van der Waals surface area contributed by atoms with Crippen LogP contribution in [0.4, 0.5) is 10.5 Å². The van der Waals surface area contributed by atoms with Crippen molar-refractivity contribution in [3.05, 3.63) is 28.7 Å². The van der Waals surface area contributed by atoms with Gasteiger partial charge < -0.3 is 15.4 Å². The van der Waals surface area contributed by atoms with E-state index in [-0.39, 0.29) is 19.1 Å². The van der Waals surface area contributed by atoms with E-state index in [1.165, 1.54) is 0 Å². The van der Waals surface area contributed by atoms with Crippen LogP contribution in [-0.2, 0) is 9.53 Å². The van der Waals surface area contributed by atoms with Gasteiger partial charge in [0.05, 0.1) is 6.61 Å². The molecule has 0 spiro atoms. The highest BCUT2D eigenvalue weighted by atomic mass is 79.9. The molecule has 2 amide bonds. The topological polar surface area (TPSA) is 67.4 Å². The summed E-state index contributed by atoms with van der Waals surface area (Å²) in [7, 11) is 0. The smallest absolute Gasteiger partial charge is 0.407 e. The minimum atomic E-state index is -0.599. The summed E-state index contributed by atoms with van der Waals surface area (Å²) in [5.74, 6) is -0.305. The Kier molecular flexibility index (Phi) is 5.48. The number of ether oxygens (including phenoxy) is 1. The predicted molar refractivity (Wildman–Crippen MR) is 67.8 cm³/mol. The fraction of sp³-hybridized carbons (Fsp3) is 0.273. The normalized spacial score (nSPS) is 9.53. The highest BCUT2D eigenvalue weighted by Gasteiger charge is 2.05. The Morgan fingerprint density at radius 2 is 1.94 bits per heavy atom. The highest BCUT2D eigenvalue weighted by Crippen LogP contribution is 2.13. The molecule has 1 aromatic carbocycles. The summed E-state index contributed by atoms with van der Waals surface area (Å²) in [5.41, 5.74) is 0.670. The third-order valence-electron chi connectivity index (χ3n) is 1.80. The lowest BCUT2D eigenvalue weighted by atomic mass is 10.3. The van der Waals surface area contributed by atoms with Gasteiger partial charge in [-0.05, 0) is 31.2 Å². The Labute approximate surface area is 108 Å². The van der Waals surface area contributed by atoms with Crippen molar-refractivity contribution in [1.82, 2.24) is 5.32 Å². The minimum absolute atomic E-state index is 0.116. The second kappa shape index (κ2) is 6.90. The summed E-state index contributed by atoms with van der Waals surface area (Å²) in [4.78, 5) is 22.3. The van der Waals surface area contributed by atoms with E-state index in [9.17, 15) is 9.59 Å². The Morgan fingerprint density at radius 3 is 2.53 bits per heavy atom. The Hall–Kier alpha value is -1.56. The molecule has 0 saturated carbocycles. The average molecular weight is 301 g/mol. The van der Waals surface area contributed by atoms with Gasteiger partial charge in [-0.15, -0.1) is 0 Å². The van der Waals surface area contributed by atoms with E-state index in [2.05, 4.69) is 31.3 Å². The van der Waals surface area contributed by atoms with Gasteiger partial charge in [0.2, 0.25) is 5.91 Å². The zero-order valence-electron chi connectivity index (χ0n) is 9.33. The third-order valence-corrected chi connectivity index (χ3v) is 2.33. The fourth-order valence-corrected chi connectivity index (χ4v) is 1.34. The lowest BCUT2D eigenvalue weighted by Crippen LogP contribution is -2.33. The Morgan fingerprint density at radius 1 is 1.29 bits per heavy atom. The first-order chi connectivity index (χ1) is 8.11. The predicted octanol–water partition coefficient (Wildman–Crippen LogP) is 2.13. The van der Waals surface area contributed by atoms with E-state index in [4.69, 9.17) is 0 Å². The van der Waals surface area contributed by atoms with Crippen molar-refractivity contribution in [3.63, 3.8) is 0 Å². The molecule has 0 bridgehead atoms. The van der Waals surface area contributed by atoms with Gasteiger partial charge in [-0.3, -0.25) is 4.79 Å². The number of carbonyl (C=O) groups excluding carboxylic acids is 2. The number of alkyl carbamates (subject to hydrolysis) is 1. The van der Waals surface area contributed by atoms with Crippen LogP contribution in [0.15, 0.2) is 28.7 Å². The van der Waals surface area contributed by atoms with Crippen LogP contribution in [0.2, 0.25) is 0 Å². The average Bonchev–Trinajstić information content (AvgIpc) is 2.30. The molecule has 0 fully saturated rings. The molecule has 5 nitrogen and oxygen atoms in total. The molecule has 0 aliphatic rings. The third kappa shape index (κ3) is 5.35. The number of hydrogen-bond acceptors (Lipinski definition) is 3. The number of anilines is 1. The molecule has 0 aromatic heterocycles. The summed E-state index contributed by atoms with van der Waals surface area (Å²) in [6, 6.07) is 7.14. The zero-order valence-corrected chi connectivity index (χ0v) is 10.9. The van der Waals surface area contributed by atoms with Gasteiger partial charge in [0.1, 0.15) is 6.54 Å². The summed E-state index contributed by atoms with van der Waals surface area (Å²) < 4.78 is 5.55. The maximum Gasteiger partial charge on any atom is 0.407 e. The molecule has 17 heavy (non-hydrogen) atoms. The molecule has 0 aliphatic heterocycles. The summed E-state index contributed by atoms with van der Waals surface area (Å²) in [6.45, 7) is 1.86. The van der Waals surface area contributed by atoms with E-state index in [0.717, 1.165) is 4.47 Å². The van der Waals surface area contributed by atoms with Gasteiger partial charge in [-0.1, -0.05) is 15.9 Å². The fourth-order valence-electron chi connectivity index (χ4n) is 1.07. The van der Waals surface area contributed by atoms with Crippen LogP contribution in [0, 0.1) is 0 Å². The zero-order chi connectivity index (χ0) is 12.7. The number of amides is 2. The minimum Gasteiger partial charge on any atom is -0.450 e. The van der Waals surface area contributed by atoms with Crippen molar-refractivity contribution in [3.8, 4) is 0 Å². The molecular weight excluding hydrogens is 288 g/mol. The van der Waals surface area contributed by atoms with Gasteiger partial charge in [-0.25, -0.2) is 4.79 Å². The van der Waals surface area contributed by atoms with Crippen LogP contribution in [0.25, 0.3) is 0 Å². The molecule has 2 N–H and O–H groups in total. The molecule has 1 aromatic rings. The lowest BCUT2D eigenvalue weighted by molar-refractivity contribution is -0.115. The van der Waals surface area contributed by atoms with Gasteiger partial charge in [0.15, 0.2) is 0 Å². The maximum absolute atomic E-state index is 11.4. The molecule has 1 rings (SSSR count). The van der Waals surface area contributed by atoms with Crippen molar-refractivity contribution in [1.29, 1.82) is 0 Å². The first-order valence-electron chi connectivity index (χ1n) is 5.08. The SMILES string of the molecule is CCOC(=O)NCC(=O)Nc1ccc(Br)cc1. The van der Waals surface area contributed by atoms with Gasteiger partial charge in [0, 0.05) is 10.2 Å². The first-order valence-corrected chi connectivity index (χ1v) is 5.87. The molecule has 0 heterocycles. The quantitative estimate of drug-likeness (QED) is 0.895. The second-order valence-electron chi connectivity index (χ2n) is 3.13. The van der Waals surface area contributed by atoms with Gasteiger partial charge in [-0.2, -0.15) is 0 Å². The first kappa shape index (κ1) is 13.5. The van der Waals surface area contributed by atoms with E-state index < -0.39 is 6.09 Å². The van der Waals surface area contributed by atoms with Gasteiger partial charge >= 0.3 is 6.09 Å². The van der Waals surface area contributed by atoms with E-state index in [1.807, 2.05) is 12.1 Å². The molecule has 0 radical (unpaired) electrons. The molecule has 92 valence electrons. The van der Waals surface area contributed by atoms with Crippen LogP contribution < -0.4 is 10.6 Å². The highest BCUT2D eigenvalue weighted by molar-refractivity contribution is 9.10. The number of carbonyl (C=O) groups is 2.